The summed E-state index contributed by atoms with van der Waals surface area (Å²) in [5.41, 5.74) is 6.41. The van der Waals surface area contributed by atoms with Gasteiger partial charge in [-0.3, -0.25) is 4.79 Å². The normalized spacial score (nSPS) is 15.6. The van der Waals surface area contributed by atoms with E-state index in [0.717, 1.165) is 5.56 Å². The number of aliphatic carboxylic acids is 1. The lowest BCUT2D eigenvalue weighted by Gasteiger charge is -2.39. The SMILES string of the molecule is NCCN(CCC(=O)O)S(=O)(=O)N(Cc1ccccc1)C1CNC1. The van der Waals surface area contributed by atoms with E-state index in [1.165, 1.54) is 8.61 Å². The van der Waals surface area contributed by atoms with Gasteiger partial charge in [-0.1, -0.05) is 30.3 Å². The van der Waals surface area contributed by atoms with E-state index in [4.69, 9.17) is 10.8 Å². The number of nitrogens with one attached hydrogen (secondary N) is 1. The molecule has 0 spiro atoms. The number of hydrogen-bond donors (Lipinski definition) is 3. The standard InChI is InChI=1S/C15H24N4O4S/c16-7-9-18(8-6-15(20)21)24(22,23)19(14-10-17-11-14)12-13-4-2-1-3-5-13/h1-5,14,17H,6-12,16H2,(H,20,21). The highest BCUT2D eigenvalue weighted by Crippen LogP contribution is 2.19. The van der Waals surface area contributed by atoms with Crippen molar-refractivity contribution in [3.05, 3.63) is 35.9 Å². The van der Waals surface area contributed by atoms with Gasteiger partial charge < -0.3 is 16.2 Å². The predicted molar refractivity (Wildman–Crippen MR) is 90.4 cm³/mol. The van der Waals surface area contributed by atoms with Gasteiger partial charge in [-0.2, -0.15) is 17.0 Å². The molecular weight excluding hydrogens is 332 g/mol. The van der Waals surface area contributed by atoms with Crippen molar-refractivity contribution in [2.45, 2.75) is 19.0 Å². The van der Waals surface area contributed by atoms with Gasteiger partial charge in [0.25, 0.3) is 10.2 Å². The first-order valence-corrected chi connectivity index (χ1v) is 9.28. The van der Waals surface area contributed by atoms with Gasteiger partial charge in [0.1, 0.15) is 0 Å². The Morgan fingerprint density at radius 3 is 2.42 bits per heavy atom. The van der Waals surface area contributed by atoms with Crippen LogP contribution in [0.1, 0.15) is 12.0 Å². The topological polar surface area (TPSA) is 116 Å². The van der Waals surface area contributed by atoms with Gasteiger partial charge in [-0.05, 0) is 5.56 Å². The van der Waals surface area contributed by atoms with Crippen LogP contribution in [0.4, 0.5) is 0 Å². The quantitative estimate of drug-likeness (QED) is 0.518. The molecular formula is C15H24N4O4S. The van der Waals surface area contributed by atoms with Crippen molar-refractivity contribution in [3.8, 4) is 0 Å². The summed E-state index contributed by atoms with van der Waals surface area (Å²) in [6.07, 6.45) is -0.249. The molecule has 9 heteroatoms. The Labute approximate surface area is 142 Å². The number of nitrogens with zero attached hydrogens (tertiary/aromatic N) is 2. The number of carboxylic acid groups (broad SMARTS) is 1. The predicted octanol–water partition coefficient (Wildman–Crippen LogP) is -0.559. The summed E-state index contributed by atoms with van der Waals surface area (Å²) in [5, 5.41) is 11.9. The van der Waals surface area contributed by atoms with Gasteiger partial charge >= 0.3 is 5.97 Å². The highest BCUT2D eigenvalue weighted by molar-refractivity contribution is 7.86. The molecule has 1 heterocycles. The molecule has 0 saturated carbocycles. The molecule has 1 aliphatic heterocycles. The summed E-state index contributed by atoms with van der Waals surface area (Å²) < 4.78 is 28.7. The van der Waals surface area contributed by atoms with Crippen LogP contribution in [0.5, 0.6) is 0 Å². The monoisotopic (exact) mass is 356 g/mol. The van der Waals surface area contributed by atoms with E-state index in [9.17, 15) is 13.2 Å². The average Bonchev–Trinajstić information content (AvgIpc) is 2.49. The minimum absolute atomic E-state index is 0.0830. The van der Waals surface area contributed by atoms with E-state index in [0.29, 0.717) is 13.1 Å². The third-order valence-corrected chi connectivity index (χ3v) is 5.96. The lowest BCUT2D eigenvalue weighted by atomic mass is 10.1. The minimum Gasteiger partial charge on any atom is -0.481 e. The van der Waals surface area contributed by atoms with Crippen LogP contribution < -0.4 is 11.1 Å². The van der Waals surface area contributed by atoms with Crippen LogP contribution in [0.2, 0.25) is 0 Å². The lowest BCUT2D eigenvalue weighted by Crippen LogP contribution is -2.61. The number of hydrogen-bond acceptors (Lipinski definition) is 5. The molecule has 0 bridgehead atoms. The van der Waals surface area contributed by atoms with Crippen molar-refractivity contribution in [1.82, 2.24) is 13.9 Å². The fourth-order valence-electron chi connectivity index (χ4n) is 2.49. The van der Waals surface area contributed by atoms with Crippen LogP contribution >= 0.6 is 0 Å². The van der Waals surface area contributed by atoms with Crippen molar-refractivity contribution in [1.29, 1.82) is 0 Å². The first-order valence-electron chi connectivity index (χ1n) is 7.88. The Morgan fingerprint density at radius 1 is 1.25 bits per heavy atom. The second-order valence-corrected chi connectivity index (χ2v) is 7.56. The van der Waals surface area contributed by atoms with Crippen LogP contribution in [0.25, 0.3) is 0 Å². The molecule has 1 aromatic carbocycles. The fourth-order valence-corrected chi connectivity index (χ4v) is 4.29. The zero-order valence-electron chi connectivity index (χ0n) is 13.5. The van der Waals surface area contributed by atoms with E-state index in [-0.39, 0.29) is 38.6 Å². The third kappa shape index (κ3) is 4.74. The molecule has 8 nitrogen and oxygen atoms in total. The maximum atomic E-state index is 13.0. The Morgan fingerprint density at radius 2 is 1.92 bits per heavy atom. The van der Waals surface area contributed by atoms with Crippen LogP contribution in [0, 0.1) is 0 Å². The van der Waals surface area contributed by atoms with Crippen molar-refractivity contribution >= 4 is 16.2 Å². The summed E-state index contributed by atoms with van der Waals surface area (Å²) in [7, 11) is -3.80. The zero-order chi connectivity index (χ0) is 17.6. The molecule has 1 fully saturated rings. The third-order valence-electron chi connectivity index (χ3n) is 3.92. The summed E-state index contributed by atoms with van der Waals surface area (Å²) in [6, 6.07) is 9.21. The zero-order valence-corrected chi connectivity index (χ0v) is 14.3. The minimum atomic E-state index is -3.80. The van der Waals surface area contributed by atoms with Crippen LogP contribution in [-0.2, 0) is 21.5 Å². The Bertz CT molecular complexity index is 634. The van der Waals surface area contributed by atoms with Gasteiger partial charge in [0, 0.05) is 39.3 Å². The molecule has 0 aliphatic carbocycles. The number of benzene rings is 1. The van der Waals surface area contributed by atoms with Gasteiger partial charge in [0.15, 0.2) is 0 Å². The largest absolute Gasteiger partial charge is 0.481 e. The molecule has 1 aliphatic rings. The first kappa shape index (κ1) is 18.8. The number of carbonyl (C=O) groups is 1. The summed E-state index contributed by atoms with van der Waals surface area (Å²) >= 11 is 0. The van der Waals surface area contributed by atoms with E-state index in [2.05, 4.69) is 5.32 Å². The van der Waals surface area contributed by atoms with E-state index in [1.54, 1.807) is 0 Å². The molecule has 0 radical (unpaired) electrons. The highest BCUT2D eigenvalue weighted by atomic mass is 32.2. The Balaban J connectivity index is 2.22. The van der Waals surface area contributed by atoms with Crippen molar-refractivity contribution in [3.63, 3.8) is 0 Å². The molecule has 0 aromatic heterocycles. The maximum absolute atomic E-state index is 13.0. The van der Waals surface area contributed by atoms with E-state index in [1.807, 2.05) is 30.3 Å². The number of nitrogens with two attached hydrogens (primary N) is 1. The van der Waals surface area contributed by atoms with Crippen LogP contribution in [0.3, 0.4) is 0 Å². The van der Waals surface area contributed by atoms with Gasteiger partial charge in [0.2, 0.25) is 0 Å². The average molecular weight is 356 g/mol. The summed E-state index contributed by atoms with van der Waals surface area (Å²) in [4.78, 5) is 10.8. The highest BCUT2D eigenvalue weighted by Gasteiger charge is 2.37. The smallest absolute Gasteiger partial charge is 0.304 e. The van der Waals surface area contributed by atoms with E-state index >= 15 is 0 Å². The maximum Gasteiger partial charge on any atom is 0.304 e. The lowest BCUT2D eigenvalue weighted by molar-refractivity contribution is -0.137. The molecule has 0 unspecified atom stereocenters. The Hall–Kier alpha value is -1.52. The Kier molecular flexibility index (Phi) is 6.69. The molecule has 2 rings (SSSR count). The van der Waals surface area contributed by atoms with Crippen LogP contribution in [-0.4, -0.2) is 66.9 Å². The molecule has 4 N–H and O–H groups in total. The second-order valence-electron chi connectivity index (χ2n) is 5.68. The van der Waals surface area contributed by atoms with Crippen LogP contribution in [0.15, 0.2) is 30.3 Å². The molecule has 0 amide bonds. The molecule has 134 valence electrons. The summed E-state index contributed by atoms with van der Waals surface area (Å²) in [5.74, 6) is -1.04. The number of rotatable bonds is 10. The summed E-state index contributed by atoms with van der Waals surface area (Å²) in [6.45, 7) is 1.58. The molecule has 0 atom stereocenters. The van der Waals surface area contributed by atoms with Gasteiger partial charge in [0.05, 0.1) is 12.5 Å². The first-order chi connectivity index (χ1) is 11.4. The fraction of sp³-hybridized carbons (Fsp3) is 0.533. The number of carboxylic acids is 1. The van der Waals surface area contributed by atoms with Crippen molar-refractivity contribution < 1.29 is 18.3 Å². The molecule has 1 saturated heterocycles. The van der Waals surface area contributed by atoms with Crippen molar-refractivity contribution in [2.75, 3.05) is 32.7 Å². The van der Waals surface area contributed by atoms with E-state index < -0.39 is 16.2 Å². The van der Waals surface area contributed by atoms with Gasteiger partial charge in [-0.25, -0.2) is 0 Å². The molecule has 24 heavy (non-hydrogen) atoms. The van der Waals surface area contributed by atoms with Gasteiger partial charge in [-0.15, -0.1) is 0 Å². The molecule has 1 aromatic rings. The van der Waals surface area contributed by atoms with Crippen molar-refractivity contribution in [2.24, 2.45) is 5.73 Å². The second kappa shape index (κ2) is 8.54.